The number of hydrogen-bond donors (Lipinski definition) is 1. The van der Waals surface area contributed by atoms with Gasteiger partial charge in [-0.15, -0.1) is 11.3 Å². The van der Waals surface area contributed by atoms with Crippen LogP contribution in [0.3, 0.4) is 0 Å². The van der Waals surface area contributed by atoms with E-state index in [0.29, 0.717) is 12.0 Å². The second-order valence-corrected chi connectivity index (χ2v) is 10.3. The first-order valence-electron chi connectivity index (χ1n) is 12.5. The molecular formula is C32H25N3O2S. The number of carbonyl (C=O) groups excluding carboxylic acids is 1. The van der Waals surface area contributed by atoms with Crippen LogP contribution >= 0.6 is 11.3 Å². The lowest BCUT2D eigenvalue weighted by atomic mass is 9.98. The molecule has 6 rings (SSSR count). The average molecular weight is 516 g/mol. The number of thiophene rings is 1. The number of hydrazone groups is 1. The molecular weight excluding hydrogens is 490 g/mol. The van der Waals surface area contributed by atoms with Crippen molar-refractivity contribution in [3.63, 3.8) is 0 Å². The summed E-state index contributed by atoms with van der Waals surface area (Å²) >= 11 is 1.64. The molecule has 2 aromatic heterocycles. The van der Waals surface area contributed by atoms with Gasteiger partial charge in [0.2, 0.25) is 5.91 Å². The second kappa shape index (κ2) is 10.4. The standard InChI is InChI=1S/C32H25N3O2S/c36-29-16-8-7-15-25(29)28-19-27(24-14-9-17-33-21-24)34-35(28)32(37)20-31-26(22-10-3-1-4-11-22)18-30(38-31)23-12-5-2-6-13-23/h1-18,21,28,36H,19-20H2. The van der Waals surface area contributed by atoms with E-state index < -0.39 is 6.04 Å². The molecule has 0 fully saturated rings. The number of phenolic OH excluding ortho intramolecular Hbond substituents is 1. The van der Waals surface area contributed by atoms with Crippen LogP contribution < -0.4 is 0 Å². The number of nitrogens with zero attached hydrogens (tertiary/aromatic N) is 3. The van der Waals surface area contributed by atoms with Gasteiger partial charge in [0.15, 0.2) is 0 Å². The van der Waals surface area contributed by atoms with Crippen LogP contribution in [-0.2, 0) is 11.2 Å². The zero-order valence-corrected chi connectivity index (χ0v) is 21.4. The monoisotopic (exact) mass is 515 g/mol. The highest BCUT2D eigenvalue weighted by atomic mass is 32.1. The Balaban J connectivity index is 1.38. The molecule has 186 valence electrons. The fraction of sp³-hybridized carbons (Fsp3) is 0.0938. The van der Waals surface area contributed by atoms with Crippen molar-refractivity contribution < 1.29 is 9.90 Å². The summed E-state index contributed by atoms with van der Waals surface area (Å²) in [5.41, 5.74) is 5.58. The number of amides is 1. The Hall–Kier alpha value is -4.55. The van der Waals surface area contributed by atoms with E-state index in [4.69, 9.17) is 5.10 Å². The largest absolute Gasteiger partial charge is 0.508 e. The summed E-state index contributed by atoms with van der Waals surface area (Å²) in [6.45, 7) is 0. The van der Waals surface area contributed by atoms with Gasteiger partial charge in [-0.2, -0.15) is 5.10 Å². The van der Waals surface area contributed by atoms with Gasteiger partial charge in [0, 0.05) is 39.7 Å². The normalized spacial score (nSPS) is 14.9. The van der Waals surface area contributed by atoms with E-state index in [9.17, 15) is 9.90 Å². The summed E-state index contributed by atoms with van der Waals surface area (Å²) in [4.78, 5) is 20.3. The molecule has 38 heavy (non-hydrogen) atoms. The number of para-hydroxylation sites is 1. The van der Waals surface area contributed by atoms with Crippen molar-refractivity contribution >= 4 is 23.0 Å². The molecule has 5 nitrogen and oxygen atoms in total. The van der Waals surface area contributed by atoms with Crippen molar-refractivity contribution in [2.45, 2.75) is 18.9 Å². The molecule has 6 heteroatoms. The fourth-order valence-corrected chi connectivity index (χ4v) is 6.02. The van der Waals surface area contributed by atoms with Crippen molar-refractivity contribution in [1.29, 1.82) is 0 Å². The number of hydrogen-bond acceptors (Lipinski definition) is 5. The number of benzene rings is 3. The predicted molar refractivity (Wildman–Crippen MR) is 152 cm³/mol. The smallest absolute Gasteiger partial charge is 0.248 e. The van der Waals surface area contributed by atoms with Crippen molar-refractivity contribution in [2.75, 3.05) is 0 Å². The Labute approximate surface area is 225 Å². The van der Waals surface area contributed by atoms with Crippen molar-refractivity contribution in [2.24, 2.45) is 5.10 Å². The first-order chi connectivity index (χ1) is 18.7. The maximum atomic E-state index is 13.9. The molecule has 3 aromatic carbocycles. The van der Waals surface area contributed by atoms with Crippen LogP contribution in [0.25, 0.3) is 21.6 Å². The second-order valence-electron chi connectivity index (χ2n) is 9.16. The molecule has 1 amide bonds. The number of aromatic hydroxyl groups is 1. The zero-order valence-electron chi connectivity index (χ0n) is 20.6. The minimum absolute atomic E-state index is 0.115. The Bertz CT molecular complexity index is 1600. The van der Waals surface area contributed by atoms with Gasteiger partial charge >= 0.3 is 0 Å². The van der Waals surface area contributed by atoms with Crippen LogP contribution in [0.15, 0.2) is 121 Å². The van der Waals surface area contributed by atoms with E-state index in [1.807, 2.05) is 60.7 Å². The molecule has 0 spiro atoms. The highest BCUT2D eigenvalue weighted by Gasteiger charge is 2.35. The van der Waals surface area contributed by atoms with Gasteiger partial charge in [0.25, 0.3) is 0 Å². The van der Waals surface area contributed by atoms with Crippen LogP contribution in [0.5, 0.6) is 5.75 Å². The summed E-state index contributed by atoms with van der Waals surface area (Å²) in [5.74, 6) is 0.0428. The van der Waals surface area contributed by atoms with Gasteiger partial charge in [0.05, 0.1) is 18.2 Å². The Morgan fingerprint density at radius 1 is 0.868 bits per heavy atom. The Morgan fingerprint density at radius 2 is 1.55 bits per heavy atom. The molecule has 0 saturated heterocycles. The molecule has 0 radical (unpaired) electrons. The molecule has 1 aliphatic rings. The third kappa shape index (κ3) is 4.74. The maximum Gasteiger partial charge on any atom is 0.248 e. The van der Waals surface area contributed by atoms with Crippen LogP contribution in [-0.4, -0.2) is 26.7 Å². The highest BCUT2D eigenvalue weighted by molar-refractivity contribution is 7.16. The molecule has 3 heterocycles. The van der Waals surface area contributed by atoms with E-state index >= 15 is 0 Å². The molecule has 1 aliphatic heterocycles. The number of carbonyl (C=O) groups is 1. The van der Waals surface area contributed by atoms with E-state index in [2.05, 4.69) is 35.3 Å². The molecule has 0 bridgehead atoms. The lowest BCUT2D eigenvalue weighted by molar-refractivity contribution is -0.132. The summed E-state index contributed by atoms with van der Waals surface area (Å²) in [7, 11) is 0. The maximum absolute atomic E-state index is 13.9. The van der Waals surface area contributed by atoms with E-state index in [-0.39, 0.29) is 18.1 Å². The quantitative estimate of drug-likeness (QED) is 0.262. The third-order valence-corrected chi connectivity index (χ3v) is 7.90. The zero-order chi connectivity index (χ0) is 25.9. The van der Waals surface area contributed by atoms with Gasteiger partial charge in [-0.1, -0.05) is 84.9 Å². The number of pyridine rings is 1. The van der Waals surface area contributed by atoms with Crippen molar-refractivity contribution in [3.05, 3.63) is 132 Å². The average Bonchev–Trinajstić information content (AvgIpc) is 3.60. The molecule has 0 aliphatic carbocycles. The lowest BCUT2D eigenvalue weighted by Crippen LogP contribution is -2.28. The van der Waals surface area contributed by atoms with Gasteiger partial charge in [-0.25, -0.2) is 5.01 Å². The highest BCUT2D eigenvalue weighted by Crippen LogP contribution is 2.40. The van der Waals surface area contributed by atoms with Crippen LogP contribution in [0, 0.1) is 0 Å². The summed E-state index contributed by atoms with van der Waals surface area (Å²) in [6, 6.07) is 33.2. The van der Waals surface area contributed by atoms with E-state index in [1.165, 1.54) is 0 Å². The Morgan fingerprint density at radius 3 is 2.26 bits per heavy atom. The number of aromatic nitrogens is 1. The minimum Gasteiger partial charge on any atom is -0.508 e. The SMILES string of the molecule is O=C(Cc1sc(-c2ccccc2)cc1-c1ccccc1)N1N=C(c2cccnc2)CC1c1ccccc1O. The van der Waals surface area contributed by atoms with Crippen molar-refractivity contribution in [1.82, 2.24) is 9.99 Å². The number of rotatable bonds is 6. The van der Waals surface area contributed by atoms with Gasteiger partial charge in [0.1, 0.15) is 5.75 Å². The third-order valence-electron chi connectivity index (χ3n) is 6.72. The molecule has 0 saturated carbocycles. The van der Waals surface area contributed by atoms with Crippen LogP contribution in [0.2, 0.25) is 0 Å². The summed E-state index contributed by atoms with van der Waals surface area (Å²) in [6.07, 6.45) is 4.18. The summed E-state index contributed by atoms with van der Waals surface area (Å²) in [5, 5.41) is 17.0. The van der Waals surface area contributed by atoms with Gasteiger partial charge in [-0.05, 0) is 34.9 Å². The topological polar surface area (TPSA) is 65.8 Å². The predicted octanol–water partition coefficient (Wildman–Crippen LogP) is 7.10. The van der Waals surface area contributed by atoms with Crippen molar-refractivity contribution in [3.8, 4) is 27.3 Å². The first kappa shape index (κ1) is 23.8. The van der Waals surface area contributed by atoms with E-state index in [0.717, 1.165) is 37.7 Å². The molecule has 1 N–H and O–H groups in total. The fourth-order valence-electron chi connectivity index (χ4n) is 4.84. The van der Waals surface area contributed by atoms with Gasteiger partial charge < -0.3 is 5.11 Å². The van der Waals surface area contributed by atoms with E-state index in [1.54, 1.807) is 40.9 Å². The van der Waals surface area contributed by atoms with Gasteiger partial charge in [-0.3, -0.25) is 9.78 Å². The molecule has 1 atom stereocenters. The Kier molecular flexibility index (Phi) is 6.54. The first-order valence-corrected chi connectivity index (χ1v) is 13.3. The molecule has 5 aromatic rings. The lowest BCUT2D eigenvalue weighted by Gasteiger charge is -2.22. The van der Waals surface area contributed by atoms with Crippen LogP contribution in [0.1, 0.15) is 28.5 Å². The summed E-state index contributed by atoms with van der Waals surface area (Å²) < 4.78 is 0. The minimum atomic E-state index is -0.396. The van der Waals surface area contributed by atoms with Crippen LogP contribution in [0.4, 0.5) is 0 Å². The molecule has 1 unspecified atom stereocenters. The number of phenols is 1.